The Balaban J connectivity index is 5.21. The highest BCUT2D eigenvalue weighted by Gasteiger charge is 2.27. The number of hydrogen-bond donors (Lipinski definition) is 0. The van der Waals surface area contributed by atoms with Crippen molar-refractivity contribution in [1.29, 1.82) is 0 Å². The van der Waals surface area contributed by atoms with Crippen LogP contribution >= 0.6 is 0 Å². The van der Waals surface area contributed by atoms with Crippen LogP contribution in [-0.4, -0.2) is 42.7 Å². The number of methoxy groups -OCH3 is 1. The van der Waals surface area contributed by atoms with Crippen molar-refractivity contribution in [3.63, 3.8) is 0 Å². The van der Waals surface area contributed by atoms with E-state index in [1.807, 2.05) is 13.8 Å². The maximum Gasteiger partial charge on any atom is 0.434 e. The van der Waals surface area contributed by atoms with Crippen molar-refractivity contribution in [2.24, 2.45) is 4.99 Å². The van der Waals surface area contributed by atoms with E-state index in [1.165, 1.54) is 7.11 Å². The topological polar surface area (TPSA) is 74.2 Å². The average Bonchev–Trinajstić information content (AvgIpc) is 2.45. The van der Waals surface area contributed by atoms with E-state index >= 15 is 0 Å². The van der Waals surface area contributed by atoms with Crippen LogP contribution in [0.1, 0.15) is 53.9 Å². The van der Waals surface area contributed by atoms with Crippen LogP contribution in [-0.2, 0) is 19.0 Å². The minimum Gasteiger partial charge on any atom is -0.464 e. The second-order valence-corrected chi connectivity index (χ2v) is 6.18. The zero-order chi connectivity index (χ0) is 18.0. The number of esters is 1. The molecule has 0 aliphatic rings. The molecule has 0 aromatic heterocycles. The predicted molar refractivity (Wildman–Crippen MR) is 89.7 cm³/mol. The molecule has 0 spiro atoms. The number of amides is 1. The monoisotopic (exact) mass is 327 g/mol. The van der Waals surface area contributed by atoms with E-state index in [2.05, 4.69) is 11.6 Å². The van der Waals surface area contributed by atoms with Gasteiger partial charge in [0, 0.05) is 0 Å². The van der Waals surface area contributed by atoms with Crippen LogP contribution in [0.2, 0.25) is 0 Å². The molecule has 0 rings (SSSR count). The van der Waals surface area contributed by atoms with Crippen LogP contribution in [0.15, 0.2) is 17.6 Å². The summed E-state index contributed by atoms with van der Waals surface area (Å²) >= 11 is 0. The first-order valence-electron chi connectivity index (χ1n) is 7.80. The number of carbonyl (C=O) groups excluding carboxylic acids is 2. The van der Waals surface area contributed by atoms with Crippen LogP contribution in [0.3, 0.4) is 0 Å². The fourth-order valence-electron chi connectivity index (χ4n) is 1.79. The Morgan fingerprint density at radius 1 is 1.30 bits per heavy atom. The summed E-state index contributed by atoms with van der Waals surface area (Å²) in [6, 6.07) is 0. The number of allylic oxidation sites excluding steroid dienone is 1. The third kappa shape index (κ3) is 9.13. The third-order valence-corrected chi connectivity index (χ3v) is 2.85. The molecule has 0 radical (unpaired) electrons. The summed E-state index contributed by atoms with van der Waals surface area (Å²) in [6.07, 6.45) is 2.28. The average molecular weight is 327 g/mol. The fraction of sp³-hybridized carbons (Fsp3) is 0.706. The lowest BCUT2D eigenvalue weighted by Crippen LogP contribution is -2.35. The van der Waals surface area contributed by atoms with Gasteiger partial charge in [-0.05, 0) is 47.0 Å². The first kappa shape index (κ1) is 21.3. The van der Waals surface area contributed by atoms with Crippen molar-refractivity contribution in [3.8, 4) is 0 Å². The van der Waals surface area contributed by atoms with Gasteiger partial charge in [0.25, 0.3) is 0 Å². The van der Waals surface area contributed by atoms with E-state index < -0.39 is 23.8 Å². The fourth-order valence-corrected chi connectivity index (χ4v) is 1.79. The van der Waals surface area contributed by atoms with Gasteiger partial charge in [-0.3, -0.25) is 0 Å². The van der Waals surface area contributed by atoms with Crippen molar-refractivity contribution < 1.29 is 23.8 Å². The molecule has 0 heterocycles. The molecule has 0 saturated carbocycles. The highest BCUT2D eigenvalue weighted by molar-refractivity contribution is 6.39. The van der Waals surface area contributed by atoms with Crippen LogP contribution in [0.5, 0.6) is 0 Å². The van der Waals surface area contributed by atoms with Gasteiger partial charge in [-0.2, -0.15) is 4.99 Å². The molecular formula is C17H29NO5. The van der Waals surface area contributed by atoms with Gasteiger partial charge in [-0.25, -0.2) is 9.59 Å². The summed E-state index contributed by atoms with van der Waals surface area (Å²) in [5, 5.41) is 0. The molecule has 6 heteroatoms. The number of rotatable bonds is 8. The lowest BCUT2D eigenvalue weighted by atomic mass is 10.1. The molecule has 0 aromatic rings. The number of hydrogen-bond acceptors (Lipinski definition) is 5. The number of aliphatic imine (C=N–C) groups is 1. The van der Waals surface area contributed by atoms with Crippen LogP contribution in [0, 0.1) is 0 Å². The summed E-state index contributed by atoms with van der Waals surface area (Å²) < 4.78 is 15.7. The molecule has 0 saturated heterocycles. The van der Waals surface area contributed by atoms with Gasteiger partial charge in [0.05, 0.1) is 13.2 Å². The molecule has 0 unspecified atom stereocenters. The Kier molecular flexibility index (Phi) is 9.41. The molecular weight excluding hydrogens is 298 g/mol. The summed E-state index contributed by atoms with van der Waals surface area (Å²) in [7, 11) is 1.24. The van der Waals surface area contributed by atoms with Gasteiger partial charge < -0.3 is 14.2 Å². The number of nitrogens with zero attached hydrogens (tertiary/aromatic N) is 1. The zero-order valence-electron chi connectivity index (χ0n) is 15.0. The Morgan fingerprint density at radius 2 is 1.91 bits per heavy atom. The highest BCUT2D eigenvalue weighted by Crippen LogP contribution is 2.13. The molecule has 0 aromatic carbocycles. The van der Waals surface area contributed by atoms with Gasteiger partial charge in [0.1, 0.15) is 11.7 Å². The lowest BCUT2D eigenvalue weighted by Gasteiger charge is -2.22. The maximum absolute atomic E-state index is 12.0. The first-order valence-corrected chi connectivity index (χ1v) is 7.80. The van der Waals surface area contributed by atoms with Gasteiger partial charge in [0.15, 0.2) is 5.71 Å². The molecule has 0 aliphatic carbocycles. The van der Waals surface area contributed by atoms with E-state index in [0.29, 0.717) is 6.42 Å². The Bertz CT molecular complexity index is 437. The van der Waals surface area contributed by atoms with Gasteiger partial charge >= 0.3 is 12.1 Å². The lowest BCUT2D eigenvalue weighted by molar-refractivity contribution is -0.133. The summed E-state index contributed by atoms with van der Waals surface area (Å²) in [6.45, 7) is 12.6. The normalized spacial score (nSPS) is 14.8. The molecule has 6 nitrogen and oxygen atoms in total. The molecule has 0 N–H and O–H groups in total. The smallest absolute Gasteiger partial charge is 0.434 e. The van der Waals surface area contributed by atoms with Crippen molar-refractivity contribution >= 4 is 17.8 Å². The van der Waals surface area contributed by atoms with E-state index in [9.17, 15) is 9.59 Å². The minimum atomic E-state index is -0.835. The second-order valence-electron chi connectivity index (χ2n) is 6.18. The van der Waals surface area contributed by atoms with Crippen LogP contribution in [0.25, 0.3) is 0 Å². The van der Waals surface area contributed by atoms with E-state index in [1.54, 1.807) is 26.8 Å². The van der Waals surface area contributed by atoms with Crippen molar-refractivity contribution in [1.82, 2.24) is 0 Å². The zero-order valence-corrected chi connectivity index (χ0v) is 15.0. The molecule has 0 fully saturated rings. The van der Waals surface area contributed by atoms with Gasteiger partial charge in [0.2, 0.25) is 0 Å². The van der Waals surface area contributed by atoms with Crippen molar-refractivity contribution in [3.05, 3.63) is 12.7 Å². The van der Waals surface area contributed by atoms with E-state index in [-0.39, 0.29) is 11.8 Å². The molecule has 0 aliphatic heterocycles. The third-order valence-electron chi connectivity index (χ3n) is 2.85. The summed E-state index contributed by atoms with van der Waals surface area (Å²) in [5.41, 5.74) is -0.767. The van der Waals surface area contributed by atoms with Crippen molar-refractivity contribution in [2.75, 3.05) is 7.11 Å². The SMILES string of the molecule is C=CCC[C@@H](C)O[C@@H](CC)C(=NC(=O)OC(C)(C)C)C(=O)OC. The van der Waals surface area contributed by atoms with Gasteiger partial charge in [-0.15, -0.1) is 6.58 Å². The largest absolute Gasteiger partial charge is 0.464 e. The Labute approximate surface area is 138 Å². The van der Waals surface area contributed by atoms with Crippen LogP contribution < -0.4 is 0 Å². The Hall–Kier alpha value is -1.69. The molecule has 2 atom stereocenters. The van der Waals surface area contributed by atoms with Gasteiger partial charge in [-0.1, -0.05) is 13.0 Å². The van der Waals surface area contributed by atoms with E-state index in [4.69, 9.17) is 14.2 Å². The molecule has 0 bridgehead atoms. The number of carbonyl (C=O) groups is 2. The first-order chi connectivity index (χ1) is 10.6. The summed E-state index contributed by atoms with van der Waals surface area (Å²) in [5.74, 6) is -0.696. The van der Waals surface area contributed by atoms with Crippen LogP contribution in [0.4, 0.5) is 4.79 Å². The van der Waals surface area contributed by atoms with E-state index in [0.717, 1.165) is 12.8 Å². The number of ether oxygens (including phenoxy) is 3. The molecule has 23 heavy (non-hydrogen) atoms. The molecule has 1 amide bonds. The maximum atomic E-state index is 12.0. The second kappa shape index (κ2) is 10.2. The predicted octanol–water partition coefficient (Wildman–Crippen LogP) is 3.69. The van der Waals surface area contributed by atoms with Crippen molar-refractivity contribution in [2.45, 2.75) is 71.7 Å². The molecule has 132 valence electrons. The standard InChI is InChI=1S/C17H29NO5/c1-8-10-11-12(3)22-13(9-2)14(15(19)21-7)18-16(20)23-17(4,5)6/h8,12-13H,1,9-11H2,2-7H3/t12-,13+/m1/s1. The quantitative estimate of drug-likeness (QED) is 0.386. The minimum absolute atomic E-state index is 0.0743. The Morgan fingerprint density at radius 3 is 2.35 bits per heavy atom. The highest BCUT2D eigenvalue weighted by atomic mass is 16.6. The summed E-state index contributed by atoms with van der Waals surface area (Å²) in [4.78, 5) is 27.6.